The van der Waals surface area contributed by atoms with Gasteiger partial charge < -0.3 is 4.74 Å². The molecule has 0 radical (unpaired) electrons. The lowest BCUT2D eigenvalue weighted by Gasteiger charge is -2.19. The molecule has 0 spiro atoms. The van der Waals surface area contributed by atoms with Crippen LogP contribution in [0, 0.1) is 10.1 Å². The number of benzene rings is 2. The number of rotatable bonds is 7. The Hall–Kier alpha value is -2.65. The quantitative estimate of drug-likeness (QED) is 0.278. The first-order chi connectivity index (χ1) is 14.3. The molecule has 1 saturated heterocycles. The smallest absolute Gasteiger partial charge is 0.293 e. The average Bonchev–Trinajstić information content (AvgIpc) is 3.00. The highest BCUT2D eigenvalue weighted by atomic mass is 79.9. The van der Waals surface area contributed by atoms with E-state index in [1.54, 1.807) is 24.3 Å². The average molecular weight is 491 g/mol. The molecule has 30 heavy (non-hydrogen) atoms. The van der Waals surface area contributed by atoms with Crippen LogP contribution in [0.3, 0.4) is 0 Å². The summed E-state index contributed by atoms with van der Waals surface area (Å²) in [5, 5.41) is 10.5. The summed E-state index contributed by atoms with van der Waals surface area (Å²) in [4.78, 5) is 36.9. The number of nitro benzene ring substituents is 1. The lowest BCUT2D eigenvalue weighted by atomic mass is 10.1. The first kappa shape index (κ1) is 22.0. The molecule has 1 heterocycles. The molecule has 2 aromatic carbocycles. The van der Waals surface area contributed by atoms with Crippen molar-refractivity contribution in [1.82, 2.24) is 4.90 Å². The third-order valence-electron chi connectivity index (χ3n) is 4.66. The van der Waals surface area contributed by atoms with Crippen LogP contribution in [0.5, 0.6) is 5.75 Å². The van der Waals surface area contributed by atoms with Gasteiger partial charge in [-0.2, -0.15) is 0 Å². The number of nitro groups is 1. The van der Waals surface area contributed by atoms with Gasteiger partial charge >= 0.3 is 0 Å². The molecule has 0 N–H and O–H groups in total. The number of non-ortho nitro benzene ring substituents is 1. The molecule has 1 aliphatic rings. The zero-order valence-electron chi connectivity index (χ0n) is 16.3. The summed E-state index contributed by atoms with van der Waals surface area (Å²) in [6, 6.07) is 11.3. The predicted molar refractivity (Wildman–Crippen MR) is 119 cm³/mol. The highest BCUT2D eigenvalue weighted by molar-refractivity contribution is 9.10. The summed E-state index contributed by atoms with van der Waals surface area (Å²) in [5.74, 6) is 0.229. The van der Waals surface area contributed by atoms with Gasteiger partial charge in [0, 0.05) is 28.2 Å². The Morgan fingerprint density at radius 1 is 1.23 bits per heavy atom. The minimum atomic E-state index is -0.454. The van der Waals surface area contributed by atoms with Gasteiger partial charge in [0.2, 0.25) is 0 Å². The molecular formula is C21H19BrN2O5S. The van der Waals surface area contributed by atoms with Crippen LogP contribution in [-0.2, 0) is 11.4 Å². The van der Waals surface area contributed by atoms with Gasteiger partial charge in [-0.25, -0.2) is 0 Å². The Kier molecular flexibility index (Phi) is 6.94. The maximum Gasteiger partial charge on any atom is 0.293 e. The lowest BCUT2D eigenvalue weighted by Crippen LogP contribution is -2.36. The van der Waals surface area contributed by atoms with Gasteiger partial charge in [0.1, 0.15) is 12.4 Å². The van der Waals surface area contributed by atoms with Crippen LogP contribution in [0.15, 0.2) is 51.8 Å². The normalized spacial score (nSPS) is 16.2. The number of amides is 2. The zero-order valence-corrected chi connectivity index (χ0v) is 18.7. The van der Waals surface area contributed by atoms with Gasteiger partial charge in [0.15, 0.2) is 0 Å². The van der Waals surface area contributed by atoms with Crippen molar-refractivity contribution in [2.24, 2.45) is 0 Å². The van der Waals surface area contributed by atoms with Crippen molar-refractivity contribution < 1.29 is 19.2 Å². The molecule has 0 saturated carbocycles. The van der Waals surface area contributed by atoms with E-state index < -0.39 is 4.92 Å². The molecule has 9 heteroatoms. The molecule has 1 aliphatic heterocycles. The Morgan fingerprint density at radius 2 is 1.93 bits per heavy atom. The number of hydrogen-bond acceptors (Lipinski definition) is 6. The molecule has 2 amide bonds. The Morgan fingerprint density at radius 3 is 2.57 bits per heavy atom. The second kappa shape index (κ2) is 9.44. The van der Waals surface area contributed by atoms with E-state index >= 15 is 0 Å². The topological polar surface area (TPSA) is 89.8 Å². The Bertz CT molecular complexity index is 1020. The number of halogens is 1. The van der Waals surface area contributed by atoms with E-state index in [-0.39, 0.29) is 29.5 Å². The fourth-order valence-electron chi connectivity index (χ4n) is 2.82. The summed E-state index contributed by atoms with van der Waals surface area (Å²) >= 11 is 4.34. The summed E-state index contributed by atoms with van der Waals surface area (Å²) in [5.41, 5.74) is 1.44. The van der Waals surface area contributed by atoms with Crippen LogP contribution in [0.1, 0.15) is 31.4 Å². The first-order valence-corrected chi connectivity index (χ1v) is 10.8. The summed E-state index contributed by atoms with van der Waals surface area (Å²) in [7, 11) is 0. The molecule has 0 unspecified atom stereocenters. The van der Waals surface area contributed by atoms with Crippen molar-refractivity contribution in [2.45, 2.75) is 32.9 Å². The largest absolute Gasteiger partial charge is 0.488 e. The van der Waals surface area contributed by atoms with Crippen LogP contribution < -0.4 is 4.74 Å². The van der Waals surface area contributed by atoms with E-state index in [1.165, 1.54) is 17.0 Å². The lowest BCUT2D eigenvalue weighted by molar-refractivity contribution is -0.384. The third kappa shape index (κ3) is 4.91. The molecule has 0 bridgehead atoms. The van der Waals surface area contributed by atoms with Crippen molar-refractivity contribution in [3.63, 3.8) is 0 Å². The second-order valence-corrected chi connectivity index (χ2v) is 8.61. The molecule has 1 atom stereocenters. The maximum absolute atomic E-state index is 12.7. The second-order valence-electron chi connectivity index (χ2n) is 6.70. The molecule has 2 aromatic rings. The number of carbonyl (C=O) groups is 2. The van der Waals surface area contributed by atoms with Crippen molar-refractivity contribution in [2.75, 3.05) is 0 Å². The van der Waals surface area contributed by atoms with Gasteiger partial charge in [-0.15, -0.1) is 0 Å². The third-order valence-corrected chi connectivity index (χ3v) is 6.03. The minimum absolute atomic E-state index is 0.0140. The highest BCUT2D eigenvalue weighted by Gasteiger charge is 2.37. The van der Waals surface area contributed by atoms with Crippen LogP contribution in [-0.4, -0.2) is 27.0 Å². The van der Waals surface area contributed by atoms with E-state index in [9.17, 15) is 19.7 Å². The molecule has 156 valence electrons. The Labute approximate surface area is 186 Å². The number of nitrogens with zero attached hydrogens (tertiary/aromatic N) is 2. The molecule has 0 aromatic heterocycles. The van der Waals surface area contributed by atoms with Crippen LogP contribution in [0.2, 0.25) is 0 Å². The molecule has 0 aliphatic carbocycles. The van der Waals surface area contributed by atoms with E-state index in [0.717, 1.165) is 21.8 Å². The minimum Gasteiger partial charge on any atom is -0.488 e. The van der Waals surface area contributed by atoms with E-state index in [0.29, 0.717) is 22.6 Å². The van der Waals surface area contributed by atoms with Crippen molar-refractivity contribution in [3.8, 4) is 5.75 Å². The van der Waals surface area contributed by atoms with Gasteiger partial charge in [-0.1, -0.05) is 22.9 Å². The van der Waals surface area contributed by atoms with E-state index in [2.05, 4.69) is 15.9 Å². The van der Waals surface area contributed by atoms with Crippen molar-refractivity contribution in [1.29, 1.82) is 0 Å². The highest BCUT2D eigenvalue weighted by Crippen LogP contribution is 2.36. The maximum atomic E-state index is 12.7. The summed E-state index contributed by atoms with van der Waals surface area (Å²) in [6.07, 6.45) is 2.34. The van der Waals surface area contributed by atoms with Gasteiger partial charge in [-0.3, -0.25) is 24.6 Å². The number of hydrogen-bond donors (Lipinski definition) is 0. The fourth-order valence-corrected chi connectivity index (χ4v) is 4.12. The molecule has 3 rings (SSSR count). The van der Waals surface area contributed by atoms with Crippen LogP contribution in [0.4, 0.5) is 10.5 Å². The monoisotopic (exact) mass is 490 g/mol. The SMILES string of the molecule is CC[C@@H](C)N1C(=O)S/C(=C/c2cc(Br)ccc2OCc2ccc([N+](=O)[O-])cc2)C1=O. The standard InChI is InChI=1S/C21H19BrN2O5S/c1-3-13(2)23-20(25)19(30-21(23)26)11-15-10-16(22)6-9-18(15)29-12-14-4-7-17(8-5-14)24(27)28/h4-11,13H,3,12H2,1-2H3/b19-11+/t13-/m1/s1. The predicted octanol–water partition coefficient (Wildman–Crippen LogP) is 5.77. The number of imide groups is 1. The number of ether oxygens (including phenoxy) is 1. The molecular weight excluding hydrogens is 472 g/mol. The van der Waals surface area contributed by atoms with E-state index in [1.807, 2.05) is 26.0 Å². The van der Waals surface area contributed by atoms with Crippen LogP contribution >= 0.6 is 27.7 Å². The van der Waals surface area contributed by atoms with Gasteiger partial charge in [-0.05, 0) is 67.1 Å². The van der Waals surface area contributed by atoms with Crippen LogP contribution in [0.25, 0.3) is 6.08 Å². The zero-order chi connectivity index (χ0) is 21.8. The fraction of sp³-hybridized carbons (Fsp3) is 0.238. The number of thioether (sulfide) groups is 1. The molecule has 1 fully saturated rings. The van der Waals surface area contributed by atoms with Gasteiger partial charge in [0.05, 0.1) is 9.83 Å². The Balaban J connectivity index is 1.82. The molecule has 7 nitrogen and oxygen atoms in total. The van der Waals surface area contributed by atoms with Crippen molar-refractivity contribution in [3.05, 3.63) is 73.1 Å². The number of carbonyl (C=O) groups excluding carboxylic acids is 2. The van der Waals surface area contributed by atoms with Crippen molar-refractivity contribution >= 4 is 50.6 Å². The van der Waals surface area contributed by atoms with E-state index in [4.69, 9.17) is 4.74 Å². The van der Waals surface area contributed by atoms with Gasteiger partial charge in [0.25, 0.3) is 16.8 Å². The summed E-state index contributed by atoms with van der Waals surface area (Å²) < 4.78 is 6.70. The first-order valence-electron chi connectivity index (χ1n) is 9.23. The summed E-state index contributed by atoms with van der Waals surface area (Å²) in [6.45, 7) is 3.97.